The van der Waals surface area contributed by atoms with Crippen LogP contribution in [0.3, 0.4) is 0 Å². The van der Waals surface area contributed by atoms with Gasteiger partial charge in [-0.3, -0.25) is 14.2 Å². The lowest BCUT2D eigenvalue weighted by Crippen LogP contribution is -2.37. The molecule has 0 bridgehead atoms. The van der Waals surface area contributed by atoms with E-state index in [1.54, 1.807) is 13.8 Å². The Balaban J connectivity index is 3.64. The summed E-state index contributed by atoms with van der Waals surface area (Å²) in [5, 5.41) is 9.01. The van der Waals surface area contributed by atoms with Crippen molar-refractivity contribution in [3.8, 4) is 0 Å². The number of carboxylic acid groups (broad SMARTS) is 1. The van der Waals surface area contributed by atoms with E-state index in [0.717, 1.165) is 0 Å². The number of carbonyl (C=O) groups is 2. The molecule has 7 nitrogen and oxygen atoms in total. The standard InChI is InChI=1S/C13H19N3O4/c1-4-9-8(6-11(17)18)10(5-2)16(13(20)15-9)7(3)12(14)19/h7H,4-6H2,1-3H3,(H2,14,19)(H,17,18). The maximum absolute atomic E-state index is 12.1. The number of nitrogens with two attached hydrogens (primary N) is 1. The number of rotatable bonds is 6. The van der Waals surface area contributed by atoms with Gasteiger partial charge >= 0.3 is 11.7 Å². The van der Waals surface area contributed by atoms with Gasteiger partial charge in [0.25, 0.3) is 0 Å². The molecular formula is C13H19N3O4. The number of aryl methyl sites for hydroxylation is 1. The van der Waals surface area contributed by atoms with Gasteiger partial charge in [0.05, 0.1) is 12.1 Å². The number of aromatic nitrogens is 2. The predicted molar refractivity (Wildman–Crippen MR) is 72.5 cm³/mol. The lowest BCUT2D eigenvalue weighted by molar-refractivity contribution is -0.136. The van der Waals surface area contributed by atoms with Crippen molar-refractivity contribution in [2.24, 2.45) is 5.73 Å². The first-order chi connectivity index (χ1) is 9.33. The summed E-state index contributed by atoms with van der Waals surface area (Å²) >= 11 is 0. The molecule has 1 aromatic heterocycles. The van der Waals surface area contributed by atoms with Crippen molar-refractivity contribution in [3.05, 3.63) is 27.4 Å². The molecule has 0 aliphatic rings. The van der Waals surface area contributed by atoms with Crippen LogP contribution in [0.25, 0.3) is 0 Å². The van der Waals surface area contributed by atoms with Crippen molar-refractivity contribution in [1.29, 1.82) is 0 Å². The lowest BCUT2D eigenvalue weighted by Gasteiger charge is -2.20. The highest BCUT2D eigenvalue weighted by molar-refractivity contribution is 5.78. The van der Waals surface area contributed by atoms with Gasteiger partial charge in [0.15, 0.2) is 0 Å². The Morgan fingerprint density at radius 1 is 1.35 bits per heavy atom. The van der Waals surface area contributed by atoms with Crippen LogP contribution in [0.15, 0.2) is 4.79 Å². The molecule has 7 heteroatoms. The molecular weight excluding hydrogens is 262 g/mol. The maximum Gasteiger partial charge on any atom is 0.348 e. The third-order valence-electron chi connectivity index (χ3n) is 3.22. The number of hydrogen-bond donors (Lipinski definition) is 2. The second-order valence-corrected chi connectivity index (χ2v) is 4.49. The van der Waals surface area contributed by atoms with Gasteiger partial charge in [0, 0.05) is 11.3 Å². The van der Waals surface area contributed by atoms with E-state index in [1.165, 1.54) is 11.5 Å². The highest BCUT2D eigenvalue weighted by Crippen LogP contribution is 2.17. The highest BCUT2D eigenvalue weighted by Gasteiger charge is 2.22. The largest absolute Gasteiger partial charge is 0.481 e. The van der Waals surface area contributed by atoms with Crippen molar-refractivity contribution in [2.75, 3.05) is 0 Å². The van der Waals surface area contributed by atoms with Crippen molar-refractivity contribution in [1.82, 2.24) is 9.55 Å². The van der Waals surface area contributed by atoms with Crippen molar-refractivity contribution in [3.63, 3.8) is 0 Å². The summed E-state index contributed by atoms with van der Waals surface area (Å²) in [4.78, 5) is 38.3. The Morgan fingerprint density at radius 3 is 2.35 bits per heavy atom. The zero-order chi connectivity index (χ0) is 15.4. The molecule has 1 aromatic rings. The predicted octanol–water partition coefficient (Wildman–Crippen LogP) is 0.0415. The summed E-state index contributed by atoms with van der Waals surface area (Å²) in [5.41, 5.74) is 6.14. The van der Waals surface area contributed by atoms with Crippen LogP contribution >= 0.6 is 0 Å². The lowest BCUT2D eigenvalue weighted by atomic mass is 10.0. The second kappa shape index (κ2) is 6.31. The van der Waals surface area contributed by atoms with Crippen LogP contribution in [0.1, 0.15) is 43.8 Å². The van der Waals surface area contributed by atoms with E-state index >= 15 is 0 Å². The summed E-state index contributed by atoms with van der Waals surface area (Å²) in [6.45, 7) is 5.10. The van der Waals surface area contributed by atoms with Gasteiger partial charge in [0.1, 0.15) is 6.04 Å². The van der Waals surface area contributed by atoms with Crippen LogP contribution < -0.4 is 11.4 Å². The summed E-state index contributed by atoms with van der Waals surface area (Å²) in [6, 6.07) is -0.858. The summed E-state index contributed by atoms with van der Waals surface area (Å²) < 4.78 is 1.19. The molecule has 110 valence electrons. The fourth-order valence-electron chi connectivity index (χ4n) is 2.22. The van der Waals surface area contributed by atoms with Crippen LogP contribution in [-0.2, 0) is 28.9 Å². The third-order valence-corrected chi connectivity index (χ3v) is 3.22. The summed E-state index contributed by atoms with van der Waals surface area (Å²) in [7, 11) is 0. The second-order valence-electron chi connectivity index (χ2n) is 4.49. The van der Waals surface area contributed by atoms with Gasteiger partial charge in [-0.1, -0.05) is 13.8 Å². The molecule has 0 saturated carbocycles. The van der Waals surface area contributed by atoms with Crippen LogP contribution in [0, 0.1) is 0 Å². The number of nitrogens with zero attached hydrogens (tertiary/aromatic N) is 2. The Kier molecular flexibility index (Phi) is 5.01. The molecule has 0 spiro atoms. The fraction of sp³-hybridized carbons (Fsp3) is 0.538. The van der Waals surface area contributed by atoms with Gasteiger partial charge in [-0.2, -0.15) is 4.98 Å². The Hall–Kier alpha value is -2.18. The van der Waals surface area contributed by atoms with E-state index in [9.17, 15) is 14.4 Å². The molecule has 0 aliphatic heterocycles. The quantitative estimate of drug-likeness (QED) is 0.764. The number of hydrogen-bond acceptors (Lipinski definition) is 4. The fourth-order valence-corrected chi connectivity index (χ4v) is 2.22. The first kappa shape index (κ1) is 15.9. The average molecular weight is 281 g/mol. The van der Waals surface area contributed by atoms with Crippen LogP contribution in [-0.4, -0.2) is 26.5 Å². The van der Waals surface area contributed by atoms with E-state index in [-0.39, 0.29) is 6.42 Å². The minimum Gasteiger partial charge on any atom is -0.481 e. The molecule has 1 atom stereocenters. The number of aliphatic carboxylic acids is 1. The Labute approximate surface area is 116 Å². The van der Waals surface area contributed by atoms with Gasteiger partial charge in [0.2, 0.25) is 5.91 Å². The topological polar surface area (TPSA) is 115 Å². The van der Waals surface area contributed by atoms with Gasteiger partial charge in [-0.15, -0.1) is 0 Å². The number of carboxylic acids is 1. The Morgan fingerprint density at radius 2 is 1.95 bits per heavy atom. The molecule has 0 aromatic carbocycles. The summed E-state index contributed by atoms with van der Waals surface area (Å²) in [6.07, 6.45) is 0.646. The average Bonchev–Trinajstić information content (AvgIpc) is 2.38. The van der Waals surface area contributed by atoms with Crippen molar-refractivity contribution in [2.45, 2.75) is 46.1 Å². The Bertz CT molecular complexity index is 592. The molecule has 1 unspecified atom stereocenters. The molecule has 1 amide bonds. The highest BCUT2D eigenvalue weighted by atomic mass is 16.4. The molecule has 1 heterocycles. The zero-order valence-corrected chi connectivity index (χ0v) is 11.8. The first-order valence-corrected chi connectivity index (χ1v) is 6.47. The van der Waals surface area contributed by atoms with Gasteiger partial charge in [-0.05, 0) is 19.8 Å². The normalized spacial score (nSPS) is 12.2. The molecule has 0 saturated heterocycles. The van der Waals surface area contributed by atoms with Crippen molar-refractivity contribution < 1.29 is 14.7 Å². The number of amides is 1. The maximum atomic E-state index is 12.1. The van der Waals surface area contributed by atoms with Gasteiger partial charge < -0.3 is 10.8 Å². The van der Waals surface area contributed by atoms with Gasteiger partial charge in [-0.25, -0.2) is 4.79 Å². The van der Waals surface area contributed by atoms with Crippen LogP contribution in [0.5, 0.6) is 0 Å². The van der Waals surface area contributed by atoms with E-state index in [4.69, 9.17) is 10.8 Å². The third kappa shape index (κ3) is 3.04. The van der Waals surface area contributed by atoms with Crippen LogP contribution in [0.4, 0.5) is 0 Å². The van der Waals surface area contributed by atoms with E-state index in [0.29, 0.717) is 29.8 Å². The smallest absolute Gasteiger partial charge is 0.348 e. The minimum atomic E-state index is -1.01. The SMILES string of the molecule is CCc1nc(=O)n(C(C)C(N)=O)c(CC)c1CC(=O)O. The molecule has 3 N–H and O–H groups in total. The van der Waals surface area contributed by atoms with E-state index < -0.39 is 23.6 Å². The zero-order valence-electron chi connectivity index (χ0n) is 11.8. The molecule has 0 radical (unpaired) electrons. The molecule has 0 fully saturated rings. The minimum absolute atomic E-state index is 0.231. The molecule has 0 aliphatic carbocycles. The monoisotopic (exact) mass is 281 g/mol. The van der Waals surface area contributed by atoms with E-state index in [2.05, 4.69) is 4.98 Å². The first-order valence-electron chi connectivity index (χ1n) is 6.47. The van der Waals surface area contributed by atoms with Crippen molar-refractivity contribution >= 4 is 11.9 Å². The van der Waals surface area contributed by atoms with Crippen LogP contribution in [0.2, 0.25) is 0 Å². The molecule has 20 heavy (non-hydrogen) atoms. The summed E-state index contributed by atoms with van der Waals surface area (Å²) in [5.74, 6) is -1.66. The number of primary amides is 1. The van der Waals surface area contributed by atoms with E-state index in [1.807, 2.05) is 0 Å². The molecule has 1 rings (SSSR count). The number of carbonyl (C=O) groups excluding carboxylic acids is 1.